The molecule has 2 aromatic heterocycles. The minimum Gasteiger partial charge on any atom is -0.478 e. The Balaban J connectivity index is 2.10. The first-order valence-electron chi connectivity index (χ1n) is 9.15. The molecule has 0 fully saturated rings. The van der Waals surface area contributed by atoms with Gasteiger partial charge in [-0.3, -0.25) is 4.98 Å². The topological polar surface area (TPSA) is 80.9 Å². The van der Waals surface area contributed by atoms with E-state index in [9.17, 15) is 40.6 Å². The molecule has 0 aliphatic heterocycles. The van der Waals surface area contributed by atoms with Crippen LogP contribution in [-0.2, 0) is 5.67 Å². The van der Waals surface area contributed by atoms with E-state index < -0.39 is 29.6 Å². The summed E-state index contributed by atoms with van der Waals surface area (Å²) in [6, 6.07) is 2.22. The van der Waals surface area contributed by atoms with Crippen molar-refractivity contribution in [2.24, 2.45) is 0 Å². The molecule has 1 N–H and O–H groups in total. The fourth-order valence-corrected chi connectivity index (χ4v) is 3.40. The van der Waals surface area contributed by atoms with E-state index in [1.54, 1.807) is 0 Å². The summed E-state index contributed by atoms with van der Waals surface area (Å²) in [5.41, 5.74) is -6.72. The van der Waals surface area contributed by atoms with Crippen molar-refractivity contribution in [2.45, 2.75) is 38.8 Å². The molecule has 0 bridgehead atoms. The highest BCUT2D eigenvalue weighted by molar-refractivity contribution is 5.90. The van der Waals surface area contributed by atoms with Gasteiger partial charge in [-0.25, -0.2) is 13.9 Å². The number of aromatic carboxylic acids is 1. The lowest BCUT2D eigenvalue weighted by atomic mass is 9.90. The number of carboxylic acids is 1. The third-order valence-corrected chi connectivity index (χ3v) is 5.01. The van der Waals surface area contributed by atoms with E-state index in [1.165, 1.54) is 39.2 Å². The number of halogens is 7. The van der Waals surface area contributed by atoms with Gasteiger partial charge in [-0.05, 0) is 38.0 Å². The predicted octanol–water partition coefficient (Wildman–Crippen LogP) is 5.24. The fourth-order valence-electron chi connectivity index (χ4n) is 3.40. The minimum absolute atomic E-state index is 0.0858. The van der Waals surface area contributed by atoms with Crippen LogP contribution in [0.1, 0.15) is 32.7 Å². The zero-order valence-corrected chi connectivity index (χ0v) is 17.2. The van der Waals surface area contributed by atoms with Gasteiger partial charge in [-0.1, -0.05) is 17.3 Å². The highest BCUT2D eigenvalue weighted by Gasteiger charge is 2.73. The summed E-state index contributed by atoms with van der Waals surface area (Å²) in [6.07, 6.45) is -9.83. The number of aromatic nitrogens is 4. The zero-order valence-electron chi connectivity index (χ0n) is 17.2. The first-order chi connectivity index (χ1) is 15.1. The Morgan fingerprint density at radius 2 is 1.48 bits per heavy atom. The maximum atomic E-state index is 14.5. The molecule has 176 valence electrons. The molecule has 0 atom stereocenters. The Morgan fingerprint density at radius 3 is 1.97 bits per heavy atom. The van der Waals surface area contributed by atoms with Crippen LogP contribution in [0.25, 0.3) is 16.9 Å². The summed E-state index contributed by atoms with van der Waals surface area (Å²) in [5, 5.41) is 16.9. The monoisotopic (exact) mass is 476 g/mol. The summed E-state index contributed by atoms with van der Waals surface area (Å²) in [4.78, 5) is 15.3. The van der Waals surface area contributed by atoms with Gasteiger partial charge in [0.2, 0.25) is 0 Å². The number of hydrogen-bond donors (Lipinski definition) is 1. The molecule has 0 radical (unpaired) electrons. The van der Waals surface area contributed by atoms with E-state index in [1.807, 2.05) is 0 Å². The van der Waals surface area contributed by atoms with Crippen LogP contribution in [0.3, 0.4) is 0 Å². The van der Waals surface area contributed by atoms with Gasteiger partial charge in [0, 0.05) is 17.3 Å². The summed E-state index contributed by atoms with van der Waals surface area (Å²) >= 11 is 0. The largest absolute Gasteiger partial charge is 0.478 e. The summed E-state index contributed by atoms with van der Waals surface area (Å²) in [6.45, 7) is 3.90. The number of hydrogen-bond acceptors (Lipinski definition) is 4. The molecule has 0 saturated heterocycles. The standard InChI is InChI=1S/C20H15F7N4O2/c1-9-4-13(18(21,19(22,23)24)20(25,26)27)5-10(2)16(9)31-8-15(29-30-31)12-6-14(17(32)33)11(3)28-7-12/h4-8H,1-3H3,(H,32,33). The Labute approximate surface area is 181 Å². The smallest absolute Gasteiger partial charge is 0.435 e. The Kier molecular flexibility index (Phi) is 5.72. The normalized spacial score (nSPS) is 12.8. The van der Waals surface area contributed by atoms with Crippen molar-refractivity contribution in [3.05, 3.63) is 58.5 Å². The molecule has 6 nitrogen and oxygen atoms in total. The van der Waals surface area contributed by atoms with Crippen LogP contribution < -0.4 is 0 Å². The molecule has 0 aliphatic carbocycles. The lowest BCUT2D eigenvalue weighted by molar-refractivity contribution is -0.348. The average molecular weight is 476 g/mol. The van der Waals surface area contributed by atoms with Gasteiger partial charge in [-0.15, -0.1) is 5.10 Å². The molecule has 33 heavy (non-hydrogen) atoms. The van der Waals surface area contributed by atoms with Crippen molar-refractivity contribution in [2.75, 3.05) is 0 Å². The van der Waals surface area contributed by atoms with Crippen LogP contribution in [0, 0.1) is 20.8 Å². The molecule has 1 aromatic carbocycles. The second-order valence-corrected chi connectivity index (χ2v) is 7.32. The van der Waals surface area contributed by atoms with Gasteiger partial charge >= 0.3 is 24.0 Å². The Morgan fingerprint density at radius 1 is 0.939 bits per heavy atom. The van der Waals surface area contributed by atoms with E-state index in [0.29, 0.717) is 12.1 Å². The van der Waals surface area contributed by atoms with Crippen molar-refractivity contribution in [1.82, 2.24) is 20.0 Å². The van der Waals surface area contributed by atoms with Crippen LogP contribution >= 0.6 is 0 Å². The van der Waals surface area contributed by atoms with Crippen molar-refractivity contribution in [1.29, 1.82) is 0 Å². The first kappa shape index (κ1) is 24.1. The average Bonchev–Trinajstić information content (AvgIpc) is 3.14. The number of rotatable bonds is 4. The highest BCUT2D eigenvalue weighted by atomic mass is 19.4. The molecule has 3 rings (SSSR count). The second-order valence-electron chi connectivity index (χ2n) is 7.32. The van der Waals surface area contributed by atoms with Gasteiger partial charge in [-0.2, -0.15) is 26.3 Å². The van der Waals surface area contributed by atoms with E-state index in [0.717, 1.165) is 4.68 Å². The molecule has 0 spiro atoms. The number of carbonyl (C=O) groups is 1. The van der Waals surface area contributed by atoms with Crippen molar-refractivity contribution >= 4 is 5.97 Å². The summed E-state index contributed by atoms with van der Waals surface area (Å²) in [5.74, 6) is -1.22. The van der Waals surface area contributed by atoms with Gasteiger partial charge in [0.1, 0.15) is 5.69 Å². The van der Waals surface area contributed by atoms with Gasteiger partial charge < -0.3 is 5.11 Å². The number of carboxylic acid groups (broad SMARTS) is 1. The maximum absolute atomic E-state index is 14.5. The minimum atomic E-state index is -6.23. The lowest BCUT2D eigenvalue weighted by Crippen LogP contribution is -2.50. The molecular formula is C20H15F7N4O2. The number of nitrogens with zero attached hydrogens (tertiary/aromatic N) is 4. The molecule has 2 heterocycles. The van der Waals surface area contributed by atoms with Crippen LogP contribution in [0.2, 0.25) is 0 Å². The first-order valence-corrected chi connectivity index (χ1v) is 9.15. The van der Waals surface area contributed by atoms with Crippen molar-refractivity contribution < 1.29 is 40.6 Å². The van der Waals surface area contributed by atoms with Crippen LogP contribution in [0.15, 0.2) is 30.6 Å². The maximum Gasteiger partial charge on any atom is 0.435 e. The second kappa shape index (κ2) is 7.81. The quantitative estimate of drug-likeness (QED) is 0.521. The SMILES string of the molecule is Cc1cc(C(F)(C(F)(F)F)C(F)(F)F)cc(C)c1-n1cc(-c2cnc(C)c(C(=O)O)c2)nn1. The van der Waals surface area contributed by atoms with E-state index in [4.69, 9.17) is 0 Å². The lowest BCUT2D eigenvalue weighted by Gasteiger charge is -2.31. The number of benzene rings is 1. The van der Waals surface area contributed by atoms with E-state index >= 15 is 0 Å². The molecule has 13 heteroatoms. The Hall–Kier alpha value is -3.51. The van der Waals surface area contributed by atoms with Crippen LogP contribution in [-0.4, -0.2) is 43.4 Å². The molecule has 0 amide bonds. The summed E-state index contributed by atoms with van der Waals surface area (Å²) < 4.78 is 94.2. The van der Waals surface area contributed by atoms with Gasteiger partial charge in [0.15, 0.2) is 0 Å². The van der Waals surface area contributed by atoms with Gasteiger partial charge in [0.05, 0.1) is 23.1 Å². The van der Waals surface area contributed by atoms with Crippen molar-refractivity contribution in [3.63, 3.8) is 0 Å². The molecular weight excluding hydrogens is 461 g/mol. The number of pyridine rings is 1. The fraction of sp³-hybridized carbons (Fsp3) is 0.300. The van der Waals surface area contributed by atoms with Crippen molar-refractivity contribution in [3.8, 4) is 16.9 Å². The Bertz CT molecular complexity index is 1190. The zero-order chi connectivity index (χ0) is 24.9. The van der Waals surface area contributed by atoms with E-state index in [2.05, 4.69) is 15.3 Å². The number of alkyl halides is 7. The molecule has 3 aromatic rings. The molecule has 0 aliphatic rings. The number of aryl methyl sites for hydroxylation is 3. The van der Waals surface area contributed by atoms with Crippen LogP contribution in [0.4, 0.5) is 30.7 Å². The third kappa shape index (κ3) is 4.02. The van der Waals surface area contributed by atoms with Gasteiger partial charge in [0.25, 0.3) is 0 Å². The van der Waals surface area contributed by atoms with E-state index in [-0.39, 0.29) is 39.3 Å². The highest BCUT2D eigenvalue weighted by Crippen LogP contribution is 2.53. The third-order valence-electron chi connectivity index (χ3n) is 5.01. The van der Waals surface area contributed by atoms with Crippen LogP contribution in [0.5, 0.6) is 0 Å². The summed E-state index contributed by atoms with van der Waals surface area (Å²) in [7, 11) is 0. The predicted molar refractivity (Wildman–Crippen MR) is 101 cm³/mol. The molecule has 0 unspecified atom stereocenters. The molecule has 0 saturated carbocycles.